The summed E-state index contributed by atoms with van der Waals surface area (Å²) >= 11 is 0. The first kappa shape index (κ1) is 20.5. The second kappa shape index (κ2) is 6.54. The lowest BCUT2D eigenvalue weighted by atomic mass is 9.97. The zero-order valence-corrected chi connectivity index (χ0v) is 12.4. The van der Waals surface area contributed by atoms with Crippen molar-refractivity contribution in [2.24, 2.45) is 5.41 Å². The molecule has 0 saturated carbocycles. The number of nitrogens with zero attached hydrogens (tertiary/aromatic N) is 1. The smallest absolute Gasteiger partial charge is 0.277 e. The molecular weight excluding hydrogens is 245 g/mol. The van der Waals surface area contributed by atoms with E-state index in [1.807, 2.05) is 20.8 Å². The van der Waals surface area contributed by atoms with Gasteiger partial charge in [0.25, 0.3) is 7.52 Å². The highest BCUT2D eigenvalue weighted by Gasteiger charge is 2.46. The van der Waals surface area contributed by atoms with E-state index in [1.54, 1.807) is 0 Å². The van der Waals surface area contributed by atoms with Gasteiger partial charge in [-0.1, -0.05) is 35.6 Å². The zero-order valence-electron chi connectivity index (χ0n) is 11.5. The second-order valence-corrected chi connectivity index (χ2v) is 10.0. The highest BCUT2D eigenvalue weighted by molar-refractivity contribution is 7.58. The van der Waals surface area contributed by atoms with Crippen molar-refractivity contribution in [1.29, 1.82) is 0 Å². The Morgan fingerprint density at radius 1 is 1.11 bits per heavy atom. The molecule has 0 N–H and O–H groups in total. The highest BCUT2D eigenvalue weighted by atomic mass is 31.2. The third-order valence-corrected chi connectivity index (χ3v) is 6.02. The van der Waals surface area contributed by atoms with Crippen LogP contribution in [-0.2, 0) is 9.09 Å². The van der Waals surface area contributed by atoms with Crippen LogP contribution in [0.3, 0.4) is 0 Å². The Bertz CT molecular complexity index is 289. The van der Waals surface area contributed by atoms with Gasteiger partial charge in [0.1, 0.15) is 0 Å². The lowest BCUT2D eigenvalue weighted by molar-refractivity contribution is 0.165. The molecule has 1 rings (SSSR count). The van der Waals surface area contributed by atoms with Crippen molar-refractivity contribution in [3.05, 3.63) is 0 Å². The Morgan fingerprint density at radius 3 is 2.00 bits per heavy atom. The number of hydrogen-bond acceptors (Lipinski definition) is 2. The van der Waals surface area contributed by atoms with Gasteiger partial charge in [-0.25, -0.2) is 4.67 Å². The molecule has 0 aliphatic carbocycles. The molecule has 1 heterocycles. The predicted octanol–water partition coefficient (Wildman–Crippen LogP) is 5.02. The summed E-state index contributed by atoms with van der Waals surface area (Å²) in [4.78, 5) is 0. The maximum Gasteiger partial charge on any atom is 0.277 e. The minimum Gasteiger partial charge on any atom is -0.317 e. The summed E-state index contributed by atoms with van der Waals surface area (Å²) in [7, 11) is -2.67. The van der Waals surface area contributed by atoms with Crippen LogP contribution in [0.1, 0.15) is 62.8 Å². The first-order valence-electron chi connectivity index (χ1n) is 6.06. The van der Waals surface area contributed by atoms with Gasteiger partial charge in [-0.3, -0.25) is 4.57 Å². The Labute approximate surface area is 115 Å². The van der Waals surface area contributed by atoms with E-state index in [9.17, 15) is 4.57 Å². The Hall–Kier alpha value is 0.150. The molecule has 0 radical (unpaired) electrons. The molecule has 1 atom stereocenters. The van der Waals surface area contributed by atoms with Gasteiger partial charge < -0.3 is 4.52 Å². The van der Waals surface area contributed by atoms with Crippen molar-refractivity contribution in [1.82, 2.24) is 4.67 Å². The lowest BCUT2D eigenvalue weighted by Gasteiger charge is -2.44. The van der Waals surface area contributed by atoms with Crippen LogP contribution in [0.4, 0.5) is 0 Å². The third kappa shape index (κ3) is 4.68. The van der Waals surface area contributed by atoms with Gasteiger partial charge in [0.05, 0.1) is 11.8 Å². The molecule has 1 aliphatic rings. The fourth-order valence-electron chi connectivity index (χ4n) is 1.99. The lowest BCUT2D eigenvalue weighted by Crippen LogP contribution is -2.40. The monoisotopic (exact) mass is 279 g/mol. The minimum atomic E-state index is -2.67. The standard InChI is InChI=1S/C12H26NO2P.2CH4/c1-11(2,3)10-13-8-7-9-15-16(13,14)12(4,5)6;;/h7-10H2,1-6H3;2*1H4. The number of hydrogen-bond donors (Lipinski definition) is 0. The van der Waals surface area contributed by atoms with Gasteiger partial charge in [0.2, 0.25) is 0 Å². The van der Waals surface area contributed by atoms with Crippen LogP contribution in [0.5, 0.6) is 0 Å². The largest absolute Gasteiger partial charge is 0.317 e. The van der Waals surface area contributed by atoms with Crippen molar-refractivity contribution in [2.75, 3.05) is 19.7 Å². The summed E-state index contributed by atoms with van der Waals surface area (Å²) in [6.45, 7) is 14.9. The third-order valence-electron chi connectivity index (χ3n) is 2.70. The predicted molar refractivity (Wildman–Crippen MR) is 82.4 cm³/mol. The SMILES string of the molecule is C.C.CC(C)(C)CN1CCCOP1(=O)C(C)(C)C. The van der Waals surface area contributed by atoms with E-state index in [1.165, 1.54) is 0 Å². The van der Waals surface area contributed by atoms with E-state index >= 15 is 0 Å². The van der Waals surface area contributed by atoms with E-state index in [-0.39, 0.29) is 25.4 Å². The van der Waals surface area contributed by atoms with Crippen molar-refractivity contribution < 1.29 is 9.09 Å². The van der Waals surface area contributed by atoms with Gasteiger partial charge in [-0.05, 0) is 32.6 Å². The van der Waals surface area contributed by atoms with Crippen LogP contribution >= 0.6 is 7.52 Å². The molecule has 1 aliphatic heterocycles. The van der Waals surface area contributed by atoms with Crippen molar-refractivity contribution >= 4 is 7.52 Å². The molecule has 18 heavy (non-hydrogen) atoms. The van der Waals surface area contributed by atoms with E-state index in [0.717, 1.165) is 19.5 Å². The molecule has 0 bridgehead atoms. The van der Waals surface area contributed by atoms with E-state index < -0.39 is 7.52 Å². The van der Waals surface area contributed by atoms with E-state index in [4.69, 9.17) is 4.52 Å². The second-order valence-electron chi connectivity index (χ2n) is 6.83. The van der Waals surface area contributed by atoms with Gasteiger partial charge >= 0.3 is 0 Å². The normalized spacial score (nSPS) is 26.1. The fraction of sp³-hybridized carbons (Fsp3) is 1.00. The van der Waals surface area contributed by atoms with Gasteiger partial charge in [0, 0.05) is 13.1 Å². The van der Waals surface area contributed by atoms with Crippen molar-refractivity contribution in [3.63, 3.8) is 0 Å². The van der Waals surface area contributed by atoms with Crippen LogP contribution in [0, 0.1) is 5.41 Å². The topological polar surface area (TPSA) is 29.5 Å². The van der Waals surface area contributed by atoms with Gasteiger partial charge in [-0.15, -0.1) is 0 Å². The number of rotatable bonds is 1. The molecule has 4 heteroatoms. The molecule has 0 aromatic rings. The van der Waals surface area contributed by atoms with Crippen LogP contribution in [-0.4, -0.2) is 29.5 Å². The summed E-state index contributed by atoms with van der Waals surface area (Å²) in [6.07, 6.45) is 0.982. The first-order valence-corrected chi connectivity index (χ1v) is 7.64. The average Bonchev–Trinajstić information content (AvgIpc) is 2.04. The fourth-order valence-corrected chi connectivity index (χ4v) is 4.78. The van der Waals surface area contributed by atoms with Crippen LogP contribution in [0.2, 0.25) is 0 Å². The maximum atomic E-state index is 13.0. The first-order chi connectivity index (χ1) is 7.06. The van der Waals surface area contributed by atoms with Crippen LogP contribution in [0.25, 0.3) is 0 Å². The zero-order chi connectivity index (χ0) is 12.6. The van der Waals surface area contributed by atoms with Crippen molar-refractivity contribution in [3.8, 4) is 0 Å². The van der Waals surface area contributed by atoms with E-state index in [2.05, 4.69) is 25.4 Å². The summed E-state index contributed by atoms with van der Waals surface area (Å²) in [5.41, 5.74) is 0.154. The molecule has 1 saturated heterocycles. The molecule has 0 aromatic carbocycles. The van der Waals surface area contributed by atoms with Gasteiger partial charge in [0.15, 0.2) is 0 Å². The quantitative estimate of drug-likeness (QED) is 0.631. The highest BCUT2D eigenvalue weighted by Crippen LogP contribution is 2.63. The van der Waals surface area contributed by atoms with Crippen molar-refractivity contribution in [2.45, 2.75) is 68.0 Å². The van der Waals surface area contributed by atoms with Crippen LogP contribution < -0.4 is 0 Å². The average molecular weight is 279 g/mol. The minimum absolute atomic E-state index is 0. The summed E-state index contributed by atoms with van der Waals surface area (Å²) in [5, 5.41) is -0.293. The molecule has 112 valence electrons. The molecule has 0 aromatic heterocycles. The molecule has 0 spiro atoms. The summed E-state index contributed by atoms with van der Waals surface area (Å²) in [5.74, 6) is 0. The summed E-state index contributed by atoms with van der Waals surface area (Å²) < 4.78 is 20.7. The Morgan fingerprint density at radius 2 is 1.61 bits per heavy atom. The maximum absolute atomic E-state index is 13.0. The molecular formula is C14H34NO2P. The molecule has 1 unspecified atom stereocenters. The Balaban J connectivity index is 0. The summed E-state index contributed by atoms with van der Waals surface area (Å²) in [6, 6.07) is 0. The Kier molecular flexibility index (Phi) is 7.44. The molecule has 0 amide bonds. The molecule has 3 nitrogen and oxygen atoms in total. The van der Waals surface area contributed by atoms with E-state index in [0.29, 0.717) is 6.61 Å². The van der Waals surface area contributed by atoms with Gasteiger partial charge in [-0.2, -0.15) is 0 Å². The van der Waals surface area contributed by atoms with Crippen LogP contribution in [0.15, 0.2) is 0 Å². The molecule has 1 fully saturated rings.